The van der Waals surface area contributed by atoms with Crippen molar-refractivity contribution >= 4 is 6.29 Å². The zero-order chi connectivity index (χ0) is 16.4. The largest absolute Gasteiger partial charge is 0.348 e. The minimum Gasteiger partial charge on any atom is -0.298 e. The number of nitrogens with one attached hydrogen (secondary N) is 1. The molecule has 1 aromatic heterocycles. The Morgan fingerprint density at radius 3 is 2.39 bits per heavy atom. The van der Waals surface area contributed by atoms with E-state index in [1.54, 1.807) is 24.3 Å². The Kier molecular flexibility index (Phi) is 3.85. The van der Waals surface area contributed by atoms with E-state index < -0.39 is 5.69 Å². The van der Waals surface area contributed by atoms with Gasteiger partial charge in [0.05, 0.1) is 0 Å². The van der Waals surface area contributed by atoms with Crippen molar-refractivity contribution in [3.05, 3.63) is 69.6 Å². The molecule has 3 aromatic rings. The molecule has 0 atom stereocenters. The highest BCUT2D eigenvalue weighted by atomic mass is 16.1. The zero-order valence-electron chi connectivity index (χ0n) is 12.8. The van der Waals surface area contributed by atoms with E-state index in [-0.39, 0.29) is 0 Å². The smallest absolute Gasteiger partial charge is 0.298 e. The number of H-pyrrole nitrogens is 1. The third kappa shape index (κ3) is 2.94. The van der Waals surface area contributed by atoms with E-state index in [1.807, 2.05) is 32.0 Å². The van der Waals surface area contributed by atoms with Crippen LogP contribution in [-0.2, 0) is 0 Å². The van der Waals surface area contributed by atoms with Gasteiger partial charge in [0.1, 0.15) is 12.1 Å². The maximum Gasteiger partial charge on any atom is 0.348 e. The van der Waals surface area contributed by atoms with E-state index in [1.165, 1.54) is 0 Å². The molecule has 3 rings (SSSR count). The molecule has 23 heavy (non-hydrogen) atoms. The first-order valence-corrected chi connectivity index (χ1v) is 7.19. The molecule has 0 saturated heterocycles. The second-order valence-corrected chi connectivity index (χ2v) is 5.34. The summed E-state index contributed by atoms with van der Waals surface area (Å²) in [6.07, 6.45) is 0.753. The van der Waals surface area contributed by atoms with Crippen LogP contribution in [0.25, 0.3) is 22.8 Å². The molecule has 0 fully saturated rings. The number of carbonyl (C=O) groups is 1. The maximum absolute atomic E-state index is 12.0. The van der Waals surface area contributed by atoms with Crippen molar-refractivity contribution in [2.45, 2.75) is 13.8 Å². The summed E-state index contributed by atoms with van der Waals surface area (Å²) >= 11 is 0. The van der Waals surface area contributed by atoms with Crippen LogP contribution >= 0.6 is 0 Å². The lowest BCUT2D eigenvalue weighted by Crippen LogP contribution is -2.15. The molecule has 0 aliphatic carbocycles. The van der Waals surface area contributed by atoms with Gasteiger partial charge < -0.3 is 0 Å². The number of aromatic amines is 1. The van der Waals surface area contributed by atoms with Crippen molar-refractivity contribution < 1.29 is 4.79 Å². The SMILES string of the molecule is Cc1cccc(C)c1-c1nc(-c2cccc(C=O)c2)nc(=O)[nH]1. The van der Waals surface area contributed by atoms with Gasteiger partial charge in [-0.3, -0.25) is 9.78 Å². The van der Waals surface area contributed by atoms with E-state index in [0.717, 1.165) is 23.0 Å². The van der Waals surface area contributed by atoms with Gasteiger partial charge in [0.2, 0.25) is 0 Å². The lowest BCUT2D eigenvalue weighted by Gasteiger charge is -2.09. The van der Waals surface area contributed by atoms with Crippen LogP contribution in [0.1, 0.15) is 21.5 Å². The van der Waals surface area contributed by atoms with Crippen molar-refractivity contribution in [1.82, 2.24) is 15.0 Å². The van der Waals surface area contributed by atoms with Gasteiger partial charge in [-0.2, -0.15) is 4.98 Å². The summed E-state index contributed by atoms with van der Waals surface area (Å²) in [4.78, 5) is 34.0. The topological polar surface area (TPSA) is 75.7 Å². The van der Waals surface area contributed by atoms with Crippen molar-refractivity contribution in [3.63, 3.8) is 0 Å². The second kappa shape index (κ2) is 5.96. The number of carbonyl (C=O) groups excluding carboxylic acids is 1. The van der Waals surface area contributed by atoms with Crippen LogP contribution in [0.5, 0.6) is 0 Å². The molecule has 2 aromatic carbocycles. The highest BCUT2D eigenvalue weighted by molar-refractivity contribution is 5.78. The van der Waals surface area contributed by atoms with Crippen LogP contribution in [0.2, 0.25) is 0 Å². The molecule has 5 heteroatoms. The molecule has 1 heterocycles. The lowest BCUT2D eigenvalue weighted by atomic mass is 10.0. The standard InChI is InChI=1S/C18H15N3O2/c1-11-5-3-6-12(2)15(11)17-19-16(20-18(23)21-17)14-8-4-7-13(9-14)10-22/h3-10H,1-2H3,(H,19,20,21,23). The summed E-state index contributed by atoms with van der Waals surface area (Å²) < 4.78 is 0. The second-order valence-electron chi connectivity index (χ2n) is 5.34. The molecule has 0 saturated carbocycles. The molecule has 0 bridgehead atoms. The third-order valence-corrected chi connectivity index (χ3v) is 3.65. The van der Waals surface area contributed by atoms with Gasteiger partial charge in [-0.1, -0.05) is 36.4 Å². The van der Waals surface area contributed by atoms with Gasteiger partial charge in [0, 0.05) is 16.7 Å². The molecule has 0 unspecified atom stereocenters. The Balaban J connectivity index is 2.20. The first-order valence-electron chi connectivity index (χ1n) is 7.19. The first-order chi connectivity index (χ1) is 11.1. The fourth-order valence-electron chi connectivity index (χ4n) is 2.57. The molecular weight excluding hydrogens is 290 g/mol. The van der Waals surface area contributed by atoms with Gasteiger partial charge in [-0.15, -0.1) is 0 Å². The lowest BCUT2D eigenvalue weighted by molar-refractivity contribution is 0.112. The van der Waals surface area contributed by atoms with Crippen molar-refractivity contribution in [3.8, 4) is 22.8 Å². The highest BCUT2D eigenvalue weighted by Gasteiger charge is 2.11. The number of aldehydes is 1. The summed E-state index contributed by atoms with van der Waals surface area (Å²) in [5.41, 5.74) is 3.61. The molecule has 0 amide bonds. The quantitative estimate of drug-likeness (QED) is 0.755. The number of benzene rings is 2. The summed E-state index contributed by atoms with van der Waals surface area (Å²) in [5, 5.41) is 0. The number of hydrogen-bond donors (Lipinski definition) is 1. The van der Waals surface area contributed by atoms with E-state index in [0.29, 0.717) is 22.8 Å². The summed E-state index contributed by atoms with van der Waals surface area (Å²) in [6.45, 7) is 3.94. The molecule has 0 aliphatic rings. The normalized spacial score (nSPS) is 10.5. The van der Waals surface area contributed by atoms with E-state index in [9.17, 15) is 9.59 Å². The Morgan fingerprint density at radius 2 is 1.70 bits per heavy atom. The van der Waals surface area contributed by atoms with E-state index in [2.05, 4.69) is 15.0 Å². The van der Waals surface area contributed by atoms with Gasteiger partial charge in [-0.05, 0) is 31.0 Å². The van der Waals surface area contributed by atoms with Crippen LogP contribution in [0, 0.1) is 13.8 Å². The van der Waals surface area contributed by atoms with Crippen molar-refractivity contribution in [2.24, 2.45) is 0 Å². The fourth-order valence-corrected chi connectivity index (χ4v) is 2.57. The predicted octanol–water partition coefficient (Wildman–Crippen LogP) is 2.93. The van der Waals surface area contributed by atoms with Crippen LogP contribution < -0.4 is 5.69 Å². The van der Waals surface area contributed by atoms with E-state index >= 15 is 0 Å². The maximum atomic E-state index is 12.0. The molecule has 0 aliphatic heterocycles. The minimum absolute atomic E-state index is 0.301. The van der Waals surface area contributed by atoms with Crippen LogP contribution in [0.4, 0.5) is 0 Å². The Bertz CT molecular complexity index is 925. The average molecular weight is 305 g/mol. The monoisotopic (exact) mass is 305 g/mol. The summed E-state index contributed by atoms with van der Waals surface area (Å²) in [5.74, 6) is 0.780. The summed E-state index contributed by atoms with van der Waals surface area (Å²) in [7, 11) is 0. The minimum atomic E-state index is -0.468. The van der Waals surface area contributed by atoms with Crippen LogP contribution in [-0.4, -0.2) is 21.2 Å². The van der Waals surface area contributed by atoms with Gasteiger partial charge in [0.15, 0.2) is 5.82 Å². The number of rotatable bonds is 3. The van der Waals surface area contributed by atoms with Crippen molar-refractivity contribution in [1.29, 1.82) is 0 Å². The Labute approximate surface area is 133 Å². The Morgan fingerprint density at radius 1 is 1.00 bits per heavy atom. The number of nitrogens with zero attached hydrogens (tertiary/aromatic N) is 2. The number of hydrogen-bond acceptors (Lipinski definition) is 4. The Hall–Kier alpha value is -3.08. The van der Waals surface area contributed by atoms with Gasteiger partial charge in [0.25, 0.3) is 0 Å². The summed E-state index contributed by atoms with van der Waals surface area (Å²) in [6, 6.07) is 12.8. The van der Waals surface area contributed by atoms with E-state index in [4.69, 9.17) is 0 Å². The predicted molar refractivity (Wildman–Crippen MR) is 88.4 cm³/mol. The molecule has 0 radical (unpaired) electrons. The number of aryl methyl sites for hydroxylation is 2. The van der Waals surface area contributed by atoms with Gasteiger partial charge >= 0.3 is 5.69 Å². The number of aromatic nitrogens is 3. The van der Waals surface area contributed by atoms with Gasteiger partial charge in [-0.25, -0.2) is 9.78 Å². The highest BCUT2D eigenvalue weighted by Crippen LogP contribution is 2.24. The molecule has 0 spiro atoms. The average Bonchev–Trinajstić information content (AvgIpc) is 2.54. The van der Waals surface area contributed by atoms with Crippen LogP contribution in [0.15, 0.2) is 47.3 Å². The molecule has 5 nitrogen and oxygen atoms in total. The van der Waals surface area contributed by atoms with Crippen LogP contribution in [0.3, 0.4) is 0 Å². The molecule has 114 valence electrons. The third-order valence-electron chi connectivity index (χ3n) is 3.65. The fraction of sp³-hybridized carbons (Fsp3) is 0.111. The zero-order valence-corrected chi connectivity index (χ0v) is 12.8. The molecule has 1 N–H and O–H groups in total. The first kappa shape index (κ1) is 14.8. The molecular formula is C18H15N3O2. The van der Waals surface area contributed by atoms with Crippen molar-refractivity contribution in [2.75, 3.05) is 0 Å².